The molecular weight excluding hydrogens is 212 g/mol. The fourth-order valence-corrected chi connectivity index (χ4v) is 2.14. The number of allylic oxidation sites excluding steroid dienone is 1. The van der Waals surface area contributed by atoms with Gasteiger partial charge in [0.25, 0.3) is 0 Å². The molecular formula is C10H20O4Si. The molecule has 15 heavy (non-hydrogen) atoms. The summed E-state index contributed by atoms with van der Waals surface area (Å²) in [6, 6.07) is 0.856. The lowest BCUT2D eigenvalue weighted by atomic mass is 10.3. The molecule has 0 aliphatic carbocycles. The Labute approximate surface area is 93.1 Å². The van der Waals surface area contributed by atoms with E-state index < -0.39 is 9.28 Å². The summed E-state index contributed by atoms with van der Waals surface area (Å²) in [5.41, 5.74) is 0.641. The van der Waals surface area contributed by atoms with Gasteiger partial charge in [-0.3, -0.25) is 0 Å². The lowest BCUT2D eigenvalue weighted by molar-refractivity contribution is -0.139. The van der Waals surface area contributed by atoms with E-state index in [9.17, 15) is 4.79 Å². The zero-order valence-electron chi connectivity index (χ0n) is 9.91. The van der Waals surface area contributed by atoms with Crippen LogP contribution in [0.15, 0.2) is 11.6 Å². The molecule has 0 saturated carbocycles. The molecule has 0 bridgehead atoms. The highest BCUT2D eigenvalue weighted by molar-refractivity contribution is 6.44. The van der Waals surface area contributed by atoms with Gasteiger partial charge in [0.05, 0.1) is 6.61 Å². The zero-order chi connectivity index (χ0) is 11.7. The van der Waals surface area contributed by atoms with Crippen LogP contribution in [0.5, 0.6) is 0 Å². The summed E-state index contributed by atoms with van der Waals surface area (Å²) >= 11 is 0. The quantitative estimate of drug-likeness (QED) is 0.288. The third-order valence-electron chi connectivity index (χ3n) is 2.10. The van der Waals surface area contributed by atoms with Gasteiger partial charge >= 0.3 is 15.3 Å². The molecule has 0 aromatic rings. The van der Waals surface area contributed by atoms with Crippen LogP contribution < -0.4 is 0 Å². The second-order valence-corrected chi connectivity index (χ2v) is 5.53. The molecule has 0 saturated heterocycles. The second kappa shape index (κ2) is 8.64. The van der Waals surface area contributed by atoms with Crippen LogP contribution in [-0.2, 0) is 18.4 Å². The lowest BCUT2D eigenvalue weighted by Crippen LogP contribution is -2.19. The van der Waals surface area contributed by atoms with Crippen LogP contribution in [0.2, 0.25) is 6.04 Å². The van der Waals surface area contributed by atoms with Gasteiger partial charge in [0.1, 0.15) is 0 Å². The Hall–Kier alpha value is -0.653. The maximum absolute atomic E-state index is 11.2. The Kier molecular flexibility index (Phi) is 8.26. The summed E-state index contributed by atoms with van der Waals surface area (Å²) in [6.07, 6.45) is 2.53. The van der Waals surface area contributed by atoms with Crippen molar-refractivity contribution in [2.45, 2.75) is 26.3 Å². The second-order valence-electron chi connectivity index (χ2n) is 3.15. The highest BCUT2D eigenvalue weighted by atomic mass is 28.3. The molecule has 4 nitrogen and oxygen atoms in total. The molecule has 0 unspecified atom stereocenters. The van der Waals surface area contributed by atoms with E-state index in [0.717, 1.165) is 12.5 Å². The van der Waals surface area contributed by atoms with Gasteiger partial charge in [-0.15, -0.1) is 0 Å². The van der Waals surface area contributed by atoms with Crippen LogP contribution in [0, 0.1) is 0 Å². The molecule has 0 radical (unpaired) electrons. The van der Waals surface area contributed by atoms with Crippen molar-refractivity contribution in [1.82, 2.24) is 0 Å². The fraction of sp³-hybridized carbons (Fsp3) is 0.700. The first-order valence-corrected chi connectivity index (χ1v) is 6.77. The van der Waals surface area contributed by atoms with Gasteiger partial charge in [-0.1, -0.05) is 6.08 Å². The Morgan fingerprint density at radius 2 is 1.93 bits per heavy atom. The Morgan fingerprint density at radius 3 is 2.40 bits per heavy atom. The average Bonchev–Trinajstić information content (AvgIpc) is 2.27. The molecule has 0 N–H and O–H groups in total. The Balaban J connectivity index is 3.58. The van der Waals surface area contributed by atoms with Gasteiger partial charge in [-0.05, 0) is 26.3 Å². The van der Waals surface area contributed by atoms with Crippen LogP contribution in [-0.4, -0.2) is 36.1 Å². The molecule has 0 aliphatic heterocycles. The molecule has 0 aromatic heterocycles. The Bertz CT molecular complexity index is 211. The van der Waals surface area contributed by atoms with E-state index in [1.54, 1.807) is 27.2 Å². The van der Waals surface area contributed by atoms with Crippen molar-refractivity contribution < 1.29 is 18.4 Å². The highest BCUT2D eigenvalue weighted by Gasteiger charge is 2.10. The summed E-state index contributed by atoms with van der Waals surface area (Å²) in [4.78, 5) is 11.2. The summed E-state index contributed by atoms with van der Waals surface area (Å²) in [5.74, 6) is -0.245. The van der Waals surface area contributed by atoms with E-state index >= 15 is 0 Å². The van der Waals surface area contributed by atoms with Crippen LogP contribution in [0.1, 0.15) is 20.3 Å². The van der Waals surface area contributed by atoms with Gasteiger partial charge in [0.15, 0.2) is 0 Å². The van der Waals surface area contributed by atoms with Gasteiger partial charge in [0.2, 0.25) is 0 Å². The maximum atomic E-state index is 11.2. The molecule has 0 atom stereocenters. The lowest BCUT2D eigenvalue weighted by Gasteiger charge is -2.10. The number of carbonyl (C=O) groups is 1. The SMILES string of the molecule is CC=C(C)C(=O)OCCC[SiH](OC)OC. The average molecular weight is 232 g/mol. The monoisotopic (exact) mass is 232 g/mol. The maximum Gasteiger partial charge on any atom is 0.333 e. The van der Waals surface area contributed by atoms with E-state index in [1.165, 1.54) is 0 Å². The number of esters is 1. The van der Waals surface area contributed by atoms with Gasteiger partial charge in [0, 0.05) is 19.8 Å². The Morgan fingerprint density at radius 1 is 1.33 bits per heavy atom. The number of hydrogen-bond acceptors (Lipinski definition) is 4. The van der Waals surface area contributed by atoms with E-state index in [0.29, 0.717) is 12.2 Å². The number of carbonyl (C=O) groups excluding carboxylic acids is 1. The van der Waals surface area contributed by atoms with E-state index in [2.05, 4.69) is 0 Å². The molecule has 0 aromatic carbocycles. The highest BCUT2D eigenvalue weighted by Crippen LogP contribution is 2.02. The van der Waals surface area contributed by atoms with Crippen molar-refractivity contribution in [2.24, 2.45) is 0 Å². The summed E-state index contributed by atoms with van der Waals surface area (Å²) in [7, 11) is 1.81. The van der Waals surface area contributed by atoms with Gasteiger partial charge in [-0.25, -0.2) is 4.79 Å². The molecule has 5 heteroatoms. The van der Waals surface area contributed by atoms with Crippen molar-refractivity contribution in [1.29, 1.82) is 0 Å². The first kappa shape index (κ1) is 14.3. The van der Waals surface area contributed by atoms with Crippen molar-refractivity contribution in [3.05, 3.63) is 11.6 Å². The normalized spacial score (nSPS) is 11.9. The van der Waals surface area contributed by atoms with Crippen molar-refractivity contribution in [3.63, 3.8) is 0 Å². The largest absolute Gasteiger partial charge is 0.462 e. The van der Waals surface area contributed by atoms with Gasteiger partial charge in [-0.2, -0.15) is 0 Å². The van der Waals surface area contributed by atoms with E-state index in [1.807, 2.05) is 6.92 Å². The van der Waals surface area contributed by atoms with Crippen molar-refractivity contribution in [2.75, 3.05) is 20.8 Å². The first-order chi connectivity index (χ1) is 7.15. The first-order valence-electron chi connectivity index (χ1n) is 5.01. The van der Waals surface area contributed by atoms with Crippen molar-refractivity contribution in [3.8, 4) is 0 Å². The molecule has 0 aliphatic rings. The summed E-state index contributed by atoms with van der Waals surface area (Å²) < 4.78 is 15.3. The van der Waals surface area contributed by atoms with E-state index in [4.69, 9.17) is 13.6 Å². The van der Waals surface area contributed by atoms with Crippen LogP contribution in [0.4, 0.5) is 0 Å². The summed E-state index contributed by atoms with van der Waals surface area (Å²) in [5, 5.41) is 0. The molecule has 0 fully saturated rings. The predicted octanol–water partition coefficient (Wildman–Crippen LogP) is 1.40. The standard InChI is InChI=1S/C10H20O4Si/c1-5-9(2)10(11)14-7-6-8-15(12-3)13-4/h5,15H,6-8H2,1-4H3. The zero-order valence-corrected chi connectivity index (χ0v) is 11.1. The summed E-state index contributed by atoms with van der Waals surface area (Å²) in [6.45, 7) is 3.99. The number of rotatable bonds is 7. The molecule has 0 heterocycles. The minimum atomic E-state index is -1.49. The van der Waals surface area contributed by atoms with E-state index in [-0.39, 0.29) is 5.97 Å². The van der Waals surface area contributed by atoms with Crippen molar-refractivity contribution >= 4 is 15.3 Å². The fourth-order valence-electron chi connectivity index (χ4n) is 0.978. The molecule has 0 rings (SSSR count). The topological polar surface area (TPSA) is 44.8 Å². The minimum absolute atomic E-state index is 0.245. The molecule has 0 amide bonds. The minimum Gasteiger partial charge on any atom is -0.462 e. The molecule has 0 spiro atoms. The number of hydrogen-bond donors (Lipinski definition) is 0. The number of ether oxygens (including phenoxy) is 1. The predicted molar refractivity (Wildman–Crippen MR) is 61.0 cm³/mol. The third kappa shape index (κ3) is 6.43. The third-order valence-corrected chi connectivity index (χ3v) is 4.03. The van der Waals surface area contributed by atoms with Gasteiger partial charge < -0.3 is 13.6 Å². The smallest absolute Gasteiger partial charge is 0.333 e. The van der Waals surface area contributed by atoms with Crippen LogP contribution >= 0.6 is 0 Å². The molecule has 88 valence electrons. The van der Waals surface area contributed by atoms with Crippen LogP contribution in [0.3, 0.4) is 0 Å². The van der Waals surface area contributed by atoms with Crippen LogP contribution in [0.25, 0.3) is 0 Å².